The number of nitrogens with one attached hydrogen (secondary N) is 1. The number of pyridine rings is 1. The third kappa shape index (κ3) is 5.88. The van der Waals surface area contributed by atoms with Gasteiger partial charge in [0, 0.05) is 24.6 Å². The van der Waals surface area contributed by atoms with E-state index < -0.39 is 30.4 Å². The minimum atomic E-state index is -1.12. The van der Waals surface area contributed by atoms with Crippen LogP contribution in [0.25, 0.3) is 0 Å². The van der Waals surface area contributed by atoms with Gasteiger partial charge in [0.05, 0.1) is 12.5 Å². The van der Waals surface area contributed by atoms with Crippen LogP contribution in [0.15, 0.2) is 24.5 Å². The molecular weight excluding hydrogens is 288 g/mol. The topological polar surface area (TPSA) is 126 Å². The lowest BCUT2D eigenvalue weighted by atomic mass is 10.1. The summed E-state index contributed by atoms with van der Waals surface area (Å²) >= 11 is 0. The van der Waals surface area contributed by atoms with Gasteiger partial charge in [0.1, 0.15) is 6.54 Å². The van der Waals surface area contributed by atoms with Crippen LogP contribution < -0.4 is 11.1 Å². The van der Waals surface area contributed by atoms with E-state index in [0.29, 0.717) is 12.1 Å². The summed E-state index contributed by atoms with van der Waals surface area (Å²) in [6.45, 7) is 1.68. The van der Waals surface area contributed by atoms with Crippen molar-refractivity contribution in [2.75, 3.05) is 18.4 Å². The maximum absolute atomic E-state index is 12.1. The molecule has 1 heterocycles. The molecule has 1 aromatic heterocycles. The highest BCUT2D eigenvalue weighted by Gasteiger charge is 2.24. The fraction of sp³-hybridized carbons (Fsp3) is 0.429. The first-order valence-electron chi connectivity index (χ1n) is 6.90. The summed E-state index contributed by atoms with van der Waals surface area (Å²) in [7, 11) is 0. The maximum atomic E-state index is 12.1. The van der Waals surface area contributed by atoms with Crippen molar-refractivity contribution in [1.29, 1.82) is 0 Å². The third-order valence-corrected chi connectivity index (χ3v) is 2.82. The number of carboxylic acids is 1. The average Bonchev–Trinajstić information content (AvgIpc) is 2.46. The number of rotatable bonds is 8. The quantitative estimate of drug-likeness (QED) is 0.623. The van der Waals surface area contributed by atoms with Crippen molar-refractivity contribution >= 4 is 23.5 Å². The van der Waals surface area contributed by atoms with Gasteiger partial charge in [0.15, 0.2) is 0 Å². The van der Waals surface area contributed by atoms with E-state index in [0.717, 1.165) is 4.90 Å². The lowest BCUT2D eigenvalue weighted by molar-refractivity contribution is -0.145. The Morgan fingerprint density at radius 1 is 1.36 bits per heavy atom. The summed E-state index contributed by atoms with van der Waals surface area (Å²) in [6, 6.07) is 2.14. The summed E-state index contributed by atoms with van der Waals surface area (Å²) in [5, 5.41) is 11.4. The van der Waals surface area contributed by atoms with Gasteiger partial charge in [-0.2, -0.15) is 0 Å². The number of aliphatic carboxylic acids is 1. The van der Waals surface area contributed by atoms with Crippen LogP contribution in [0.3, 0.4) is 0 Å². The second-order valence-corrected chi connectivity index (χ2v) is 4.75. The molecule has 0 saturated heterocycles. The number of carbonyl (C=O) groups is 3. The molecule has 8 heteroatoms. The van der Waals surface area contributed by atoms with Gasteiger partial charge in [-0.05, 0) is 18.6 Å². The number of nitrogens with two attached hydrogens (primary N) is 1. The van der Waals surface area contributed by atoms with Gasteiger partial charge in [-0.1, -0.05) is 6.92 Å². The van der Waals surface area contributed by atoms with Crippen LogP contribution in [0, 0.1) is 0 Å². The van der Waals surface area contributed by atoms with Crippen molar-refractivity contribution in [3.63, 3.8) is 0 Å². The SMILES string of the molecule is CCCN(CC(=O)O)C(=O)C(N)CC(=O)Nc1ccncc1. The van der Waals surface area contributed by atoms with E-state index in [2.05, 4.69) is 10.3 Å². The van der Waals surface area contributed by atoms with Crippen LogP contribution in [-0.4, -0.2) is 51.9 Å². The Balaban J connectivity index is 2.57. The van der Waals surface area contributed by atoms with Crippen LogP contribution in [-0.2, 0) is 14.4 Å². The number of amides is 2. The molecule has 8 nitrogen and oxygen atoms in total. The second-order valence-electron chi connectivity index (χ2n) is 4.75. The summed E-state index contributed by atoms with van der Waals surface area (Å²) in [6.07, 6.45) is 3.43. The maximum Gasteiger partial charge on any atom is 0.323 e. The molecule has 1 unspecified atom stereocenters. The van der Waals surface area contributed by atoms with Crippen molar-refractivity contribution in [2.24, 2.45) is 5.73 Å². The molecule has 1 rings (SSSR count). The second kappa shape index (κ2) is 8.73. The number of aromatic nitrogens is 1. The lowest BCUT2D eigenvalue weighted by Crippen LogP contribution is -2.47. The van der Waals surface area contributed by atoms with Gasteiger partial charge in [-0.3, -0.25) is 19.4 Å². The van der Waals surface area contributed by atoms with Gasteiger partial charge in [0.25, 0.3) is 0 Å². The molecule has 22 heavy (non-hydrogen) atoms. The minimum absolute atomic E-state index is 0.221. The molecule has 1 atom stereocenters. The Kier molecular flexibility index (Phi) is 6.97. The van der Waals surface area contributed by atoms with E-state index in [1.54, 1.807) is 12.1 Å². The van der Waals surface area contributed by atoms with Gasteiger partial charge >= 0.3 is 5.97 Å². The third-order valence-electron chi connectivity index (χ3n) is 2.82. The molecule has 0 aliphatic carbocycles. The molecule has 4 N–H and O–H groups in total. The Bertz CT molecular complexity index is 521. The fourth-order valence-corrected chi connectivity index (χ4v) is 1.87. The molecule has 120 valence electrons. The molecule has 0 spiro atoms. The molecule has 0 aliphatic heterocycles. The number of carboxylic acid groups (broad SMARTS) is 1. The normalized spacial score (nSPS) is 11.5. The molecule has 0 saturated carbocycles. The predicted molar refractivity (Wildman–Crippen MR) is 80.0 cm³/mol. The Labute approximate surface area is 128 Å². The molecule has 1 aromatic rings. The smallest absolute Gasteiger partial charge is 0.323 e. The zero-order valence-electron chi connectivity index (χ0n) is 12.4. The number of hydrogen-bond donors (Lipinski definition) is 3. The number of nitrogens with zero attached hydrogens (tertiary/aromatic N) is 2. The van der Waals surface area contributed by atoms with Crippen LogP contribution in [0.2, 0.25) is 0 Å². The van der Waals surface area contributed by atoms with Crippen LogP contribution >= 0.6 is 0 Å². The molecule has 0 radical (unpaired) electrons. The molecule has 0 aromatic carbocycles. The highest BCUT2D eigenvalue weighted by atomic mass is 16.4. The summed E-state index contributed by atoms with van der Waals surface area (Å²) in [4.78, 5) is 39.7. The van der Waals surface area contributed by atoms with E-state index in [1.807, 2.05) is 6.92 Å². The van der Waals surface area contributed by atoms with Crippen molar-refractivity contribution in [2.45, 2.75) is 25.8 Å². The monoisotopic (exact) mass is 308 g/mol. The predicted octanol–water partition coefficient (Wildman–Crippen LogP) is 0.0607. The Morgan fingerprint density at radius 3 is 2.55 bits per heavy atom. The molecule has 2 amide bonds. The number of anilines is 1. The summed E-state index contributed by atoms with van der Waals surface area (Å²) in [5.74, 6) is -2.08. The summed E-state index contributed by atoms with van der Waals surface area (Å²) < 4.78 is 0. The first-order valence-corrected chi connectivity index (χ1v) is 6.90. The largest absolute Gasteiger partial charge is 0.480 e. The minimum Gasteiger partial charge on any atom is -0.480 e. The average molecular weight is 308 g/mol. The highest BCUT2D eigenvalue weighted by molar-refractivity contribution is 5.95. The van der Waals surface area contributed by atoms with Crippen LogP contribution in [0.1, 0.15) is 19.8 Å². The van der Waals surface area contributed by atoms with Gasteiger partial charge in [0.2, 0.25) is 11.8 Å². The first kappa shape index (κ1) is 17.6. The molecule has 0 bridgehead atoms. The van der Waals surface area contributed by atoms with Crippen molar-refractivity contribution in [3.8, 4) is 0 Å². The van der Waals surface area contributed by atoms with E-state index in [9.17, 15) is 14.4 Å². The molecule has 0 fully saturated rings. The Hall–Kier alpha value is -2.48. The zero-order valence-corrected chi connectivity index (χ0v) is 12.4. The van der Waals surface area contributed by atoms with Crippen molar-refractivity contribution < 1.29 is 19.5 Å². The van der Waals surface area contributed by atoms with Gasteiger partial charge < -0.3 is 21.1 Å². The van der Waals surface area contributed by atoms with Crippen LogP contribution in [0.5, 0.6) is 0 Å². The van der Waals surface area contributed by atoms with E-state index in [-0.39, 0.29) is 13.0 Å². The van der Waals surface area contributed by atoms with E-state index >= 15 is 0 Å². The van der Waals surface area contributed by atoms with Crippen molar-refractivity contribution in [3.05, 3.63) is 24.5 Å². The van der Waals surface area contributed by atoms with Gasteiger partial charge in [-0.25, -0.2) is 0 Å². The van der Waals surface area contributed by atoms with E-state index in [4.69, 9.17) is 10.8 Å². The summed E-state index contributed by atoms with van der Waals surface area (Å²) in [5.41, 5.74) is 6.27. The van der Waals surface area contributed by atoms with E-state index in [1.165, 1.54) is 12.4 Å². The first-order chi connectivity index (χ1) is 10.4. The standard InChI is InChI=1S/C14H20N4O4/c1-2-7-18(9-13(20)21)14(22)11(15)8-12(19)17-10-3-5-16-6-4-10/h3-6,11H,2,7-9,15H2,1H3,(H,20,21)(H,16,17,19). The highest BCUT2D eigenvalue weighted by Crippen LogP contribution is 2.06. The lowest BCUT2D eigenvalue weighted by Gasteiger charge is -2.23. The Morgan fingerprint density at radius 2 is 2.00 bits per heavy atom. The van der Waals surface area contributed by atoms with Gasteiger partial charge in [-0.15, -0.1) is 0 Å². The zero-order chi connectivity index (χ0) is 16.5. The fourth-order valence-electron chi connectivity index (χ4n) is 1.87. The van der Waals surface area contributed by atoms with Crippen molar-refractivity contribution in [1.82, 2.24) is 9.88 Å². The van der Waals surface area contributed by atoms with Crippen LogP contribution in [0.4, 0.5) is 5.69 Å². The molecule has 0 aliphatic rings. The number of hydrogen-bond acceptors (Lipinski definition) is 5. The molecular formula is C14H20N4O4. The number of carbonyl (C=O) groups excluding carboxylic acids is 2.